The van der Waals surface area contributed by atoms with E-state index < -0.39 is 12.0 Å². The van der Waals surface area contributed by atoms with E-state index >= 15 is 0 Å². The van der Waals surface area contributed by atoms with Crippen LogP contribution in [0.3, 0.4) is 0 Å². The van der Waals surface area contributed by atoms with E-state index in [9.17, 15) is 4.39 Å². The van der Waals surface area contributed by atoms with Gasteiger partial charge in [-0.1, -0.05) is 17.7 Å². The average molecular weight is 212 g/mol. The first-order valence-electron chi connectivity index (χ1n) is 4.14. The molecule has 1 heterocycles. The third-order valence-electron chi connectivity index (χ3n) is 2.13. The lowest BCUT2D eigenvalue weighted by Gasteiger charge is -2.09. The van der Waals surface area contributed by atoms with Crippen LogP contribution in [0.2, 0.25) is 5.02 Å². The van der Waals surface area contributed by atoms with Gasteiger partial charge in [0.25, 0.3) is 0 Å². The number of aromatic nitrogens is 1. The Kier molecular flexibility index (Phi) is 2.21. The first kappa shape index (κ1) is 9.49. The molecule has 0 saturated carbocycles. The van der Waals surface area contributed by atoms with Gasteiger partial charge in [0.15, 0.2) is 5.82 Å². The fourth-order valence-corrected chi connectivity index (χ4v) is 1.62. The van der Waals surface area contributed by atoms with Crippen molar-refractivity contribution in [3.63, 3.8) is 0 Å². The molecule has 4 heteroatoms. The van der Waals surface area contributed by atoms with Gasteiger partial charge in [-0.2, -0.15) is 0 Å². The van der Waals surface area contributed by atoms with Gasteiger partial charge in [-0.3, -0.25) is 0 Å². The molecular weight excluding hydrogens is 203 g/mol. The van der Waals surface area contributed by atoms with Gasteiger partial charge in [0, 0.05) is 11.6 Å². The molecule has 0 bridgehead atoms. The van der Waals surface area contributed by atoms with Crippen LogP contribution >= 0.6 is 11.6 Å². The highest BCUT2D eigenvalue weighted by atomic mass is 35.5. The quantitative estimate of drug-likeness (QED) is 0.773. The summed E-state index contributed by atoms with van der Waals surface area (Å²) in [4.78, 5) is 0. The Balaban J connectivity index is 2.82. The topological polar surface area (TPSA) is 30.9 Å². The summed E-state index contributed by atoms with van der Waals surface area (Å²) in [7, 11) is 0. The van der Waals surface area contributed by atoms with Gasteiger partial charge >= 0.3 is 0 Å². The molecule has 14 heavy (non-hydrogen) atoms. The van der Waals surface area contributed by atoms with Crippen LogP contribution < -0.4 is 5.73 Å². The Morgan fingerprint density at radius 2 is 2.14 bits per heavy atom. The van der Waals surface area contributed by atoms with Gasteiger partial charge in [0.1, 0.15) is 0 Å². The molecule has 1 aromatic heterocycles. The summed E-state index contributed by atoms with van der Waals surface area (Å²) in [5.41, 5.74) is 5.99. The van der Waals surface area contributed by atoms with E-state index in [4.69, 9.17) is 17.3 Å². The molecular formula is C10H9ClFN2. The standard InChI is InChI=1S/C10H9ClFN2/c1-6(13)14-5-4-7-2-3-8(11)9(12)10(7)14/h2-6H,1,13H2. The van der Waals surface area contributed by atoms with E-state index in [-0.39, 0.29) is 5.02 Å². The smallest absolute Gasteiger partial charge is 0.166 e. The maximum atomic E-state index is 13.6. The molecule has 2 nitrogen and oxygen atoms in total. The number of rotatable bonds is 1. The Bertz CT molecular complexity index is 476. The summed E-state index contributed by atoms with van der Waals surface area (Å²) >= 11 is 5.67. The summed E-state index contributed by atoms with van der Waals surface area (Å²) in [5.74, 6) is -0.451. The molecule has 73 valence electrons. The van der Waals surface area contributed by atoms with Crippen molar-refractivity contribution in [1.82, 2.24) is 4.57 Å². The molecule has 0 amide bonds. The number of fused-ring (bicyclic) bond motifs is 1. The Morgan fingerprint density at radius 1 is 1.43 bits per heavy atom. The molecule has 0 fully saturated rings. The second kappa shape index (κ2) is 3.26. The highest BCUT2D eigenvalue weighted by Crippen LogP contribution is 2.26. The molecule has 0 aliphatic rings. The zero-order chi connectivity index (χ0) is 10.3. The molecule has 1 radical (unpaired) electrons. The summed E-state index contributed by atoms with van der Waals surface area (Å²) < 4.78 is 15.2. The highest BCUT2D eigenvalue weighted by molar-refractivity contribution is 6.31. The predicted octanol–water partition coefficient (Wildman–Crippen LogP) is 2.73. The van der Waals surface area contributed by atoms with Crippen LogP contribution in [0.25, 0.3) is 10.9 Å². The fraction of sp³-hybridized carbons (Fsp3) is 0.100. The van der Waals surface area contributed by atoms with Crippen LogP contribution in [0, 0.1) is 12.7 Å². The maximum absolute atomic E-state index is 13.6. The lowest BCUT2D eigenvalue weighted by atomic mass is 10.2. The van der Waals surface area contributed by atoms with Crippen molar-refractivity contribution in [2.24, 2.45) is 5.73 Å². The average Bonchev–Trinajstić information content (AvgIpc) is 2.55. The maximum Gasteiger partial charge on any atom is 0.166 e. The van der Waals surface area contributed by atoms with Crippen molar-refractivity contribution in [2.45, 2.75) is 6.17 Å². The summed E-state index contributed by atoms with van der Waals surface area (Å²) in [6.45, 7) is 3.63. The van der Waals surface area contributed by atoms with Gasteiger partial charge in [-0.05, 0) is 19.1 Å². The number of hydrogen-bond donors (Lipinski definition) is 1. The largest absolute Gasteiger partial charge is 0.329 e. The van der Waals surface area contributed by atoms with Crippen LogP contribution in [-0.4, -0.2) is 4.57 Å². The molecule has 1 aromatic carbocycles. The van der Waals surface area contributed by atoms with Crippen LogP contribution in [0.15, 0.2) is 24.4 Å². The zero-order valence-corrected chi connectivity index (χ0v) is 8.13. The molecule has 0 aliphatic heterocycles. The molecule has 0 aliphatic carbocycles. The second-order valence-electron chi connectivity index (χ2n) is 3.09. The molecule has 1 atom stereocenters. The fourth-order valence-electron chi connectivity index (χ4n) is 1.46. The molecule has 0 spiro atoms. The van der Waals surface area contributed by atoms with Crippen LogP contribution in [-0.2, 0) is 0 Å². The van der Waals surface area contributed by atoms with Gasteiger partial charge in [-0.25, -0.2) is 4.39 Å². The summed E-state index contributed by atoms with van der Waals surface area (Å²) in [6, 6.07) is 5.05. The van der Waals surface area contributed by atoms with Crippen molar-refractivity contribution < 1.29 is 4.39 Å². The molecule has 2 rings (SSSR count). The third kappa shape index (κ3) is 1.29. The van der Waals surface area contributed by atoms with Gasteiger partial charge in [0.2, 0.25) is 0 Å². The Hall–Kier alpha value is -1.06. The number of halogens is 2. The lowest BCUT2D eigenvalue weighted by molar-refractivity contribution is 0.602. The molecule has 2 N–H and O–H groups in total. The van der Waals surface area contributed by atoms with Crippen molar-refractivity contribution in [3.05, 3.63) is 42.2 Å². The van der Waals surface area contributed by atoms with E-state index in [0.717, 1.165) is 5.39 Å². The molecule has 0 saturated heterocycles. The number of nitrogens with zero attached hydrogens (tertiary/aromatic N) is 1. The van der Waals surface area contributed by atoms with Crippen LogP contribution in [0.5, 0.6) is 0 Å². The van der Waals surface area contributed by atoms with Crippen molar-refractivity contribution in [3.8, 4) is 0 Å². The minimum absolute atomic E-state index is 0.0955. The third-order valence-corrected chi connectivity index (χ3v) is 2.42. The number of hydrogen-bond acceptors (Lipinski definition) is 1. The number of nitrogens with two attached hydrogens (primary N) is 1. The number of benzene rings is 1. The van der Waals surface area contributed by atoms with Gasteiger partial charge in [-0.15, -0.1) is 0 Å². The van der Waals surface area contributed by atoms with Gasteiger partial charge in [0.05, 0.1) is 16.7 Å². The van der Waals surface area contributed by atoms with Crippen LogP contribution in [0.1, 0.15) is 6.17 Å². The predicted molar refractivity (Wildman–Crippen MR) is 55.5 cm³/mol. The second-order valence-corrected chi connectivity index (χ2v) is 3.50. The minimum atomic E-state index is -0.513. The molecule has 2 aromatic rings. The van der Waals surface area contributed by atoms with E-state index in [1.54, 1.807) is 22.9 Å². The Labute approximate surface area is 86.1 Å². The van der Waals surface area contributed by atoms with Crippen molar-refractivity contribution in [1.29, 1.82) is 0 Å². The minimum Gasteiger partial charge on any atom is -0.329 e. The zero-order valence-electron chi connectivity index (χ0n) is 7.37. The van der Waals surface area contributed by atoms with Crippen molar-refractivity contribution >= 4 is 22.5 Å². The van der Waals surface area contributed by atoms with E-state index in [1.807, 2.05) is 0 Å². The first-order chi connectivity index (χ1) is 6.61. The van der Waals surface area contributed by atoms with Gasteiger partial charge < -0.3 is 10.3 Å². The molecule has 1 unspecified atom stereocenters. The lowest BCUT2D eigenvalue weighted by Crippen LogP contribution is -2.14. The Morgan fingerprint density at radius 3 is 2.79 bits per heavy atom. The van der Waals surface area contributed by atoms with E-state index in [2.05, 4.69) is 6.92 Å². The normalized spacial score (nSPS) is 13.4. The first-order valence-corrected chi connectivity index (χ1v) is 4.52. The van der Waals surface area contributed by atoms with E-state index in [0.29, 0.717) is 5.52 Å². The monoisotopic (exact) mass is 211 g/mol. The van der Waals surface area contributed by atoms with E-state index in [1.165, 1.54) is 6.07 Å². The van der Waals surface area contributed by atoms with Crippen molar-refractivity contribution in [2.75, 3.05) is 0 Å². The summed E-state index contributed by atoms with van der Waals surface area (Å²) in [5, 5.41) is 0.865. The SMILES string of the molecule is [CH2]C(N)n1ccc2ccc(Cl)c(F)c21. The summed E-state index contributed by atoms with van der Waals surface area (Å²) in [6.07, 6.45) is 1.18. The highest BCUT2D eigenvalue weighted by Gasteiger charge is 2.11. The van der Waals surface area contributed by atoms with Crippen LogP contribution in [0.4, 0.5) is 4.39 Å².